The van der Waals surface area contributed by atoms with E-state index in [1.165, 1.54) is 38.2 Å². The van der Waals surface area contributed by atoms with Crippen molar-refractivity contribution in [2.75, 3.05) is 23.0 Å². The van der Waals surface area contributed by atoms with Crippen molar-refractivity contribution in [3.8, 4) is 0 Å². The second kappa shape index (κ2) is 14.8. The first-order chi connectivity index (χ1) is 14.6. The first kappa shape index (κ1) is 32.9. The Morgan fingerprint density at radius 3 is 0.719 bits per heavy atom. The van der Waals surface area contributed by atoms with Gasteiger partial charge in [-0.2, -0.15) is 0 Å². The van der Waals surface area contributed by atoms with E-state index in [4.69, 9.17) is 0 Å². The standard InChI is InChI=1S/2C10H18O4S2/c2*1-4-6-8-15(11,12)10(3)16(13,14)9-7-5-2/h2*4-7,10H,8-9H2,1-3H3. The van der Waals surface area contributed by atoms with Gasteiger partial charge in [0.25, 0.3) is 0 Å². The van der Waals surface area contributed by atoms with Crippen molar-refractivity contribution in [2.24, 2.45) is 0 Å². The topological polar surface area (TPSA) is 137 Å². The number of sulfone groups is 4. The fourth-order valence-electron chi connectivity index (χ4n) is 1.91. The zero-order valence-corrected chi connectivity index (χ0v) is 22.8. The third kappa shape index (κ3) is 12.1. The van der Waals surface area contributed by atoms with E-state index >= 15 is 0 Å². The molecule has 0 atom stereocenters. The molecule has 32 heavy (non-hydrogen) atoms. The molecule has 0 aromatic heterocycles. The van der Waals surface area contributed by atoms with Crippen LogP contribution in [0.15, 0.2) is 48.6 Å². The van der Waals surface area contributed by atoms with Gasteiger partial charge >= 0.3 is 0 Å². The summed E-state index contributed by atoms with van der Waals surface area (Å²) < 4.78 is 90.4. The Balaban J connectivity index is 0. The monoisotopic (exact) mass is 532 g/mol. The molecule has 0 rings (SSSR count). The fourth-order valence-corrected chi connectivity index (χ4v) is 9.35. The number of hydrogen-bond acceptors (Lipinski definition) is 8. The second-order valence-corrected chi connectivity index (χ2v) is 16.8. The van der Waals surface area contributed by atoms with Gasteiger partial charge in [-0.05, 0) is 41.5 Å². The largest absolute Gasteiger partial charge is 0.227 e. The van der Waals surface area contributed by atoms with Crippen LogP contribution in [0.25, 0.3) is 0 Å². The van der Waals surface area contributed by atoms with Crippen LogP contribution in [0.1, 0.15) is 41.5 Å². The maximum atomic E-state index is 11.6. The molecule has 0 saturated heterocycles. The summed E-state index contributed by atoms with van der Waals surface area (Å²) >= 11 is 0. The van der Waals surface area contributed by atoms with Crippen molar-refractivity contribution in [3.63, 3.8) is 0 Å². The van der Waals surface area contributed by atoms with Crippen LogP contribution in [-0.2, 0) is 39.3 Å². The quantitative estimate of drug-likeness (QED) is 0.350. The Labute approximate surface area is 194 Å². The highest BCUT2D eigenvalue weighted by molar-refractivity contribution is 8.09. The zero-order valence-electron chi connectivity index (χ0n) is 19.5. The van der Waals surface area contributed by atoms with Gasteiger partial charge < -0.3 is 0 Å². The molecule has 0 aromatic carbocycles. The lowest BCUT2D eigenvalue weighted by Crippen LogP contribution is -2.30. The van der Waals surface area contributed by atoms with E-state index in [9.17, 15) is 33.7 Å². The normalized spacial score (nSPS) is 15.9. The van der Waals surface area contributed by atoms with E-state index in [0.717, 1.165) is 0 Å². The van der Waals surface area contributed by atoms with Crippen LogP contribution >= 0.6 is 0 Å². The van der Waals surface area contributed by atoms with E-state index in [1.54, 1.807) is 52.0 Å². The van der Waals surface area contributed by atoms with Crippen LogP contribution in [0.3, 0.4) is 0 Å². The minimum absolute atomic E-state index is 0.236. The van der Waals surface area contributed by atoms with Crippen LogP contribution in [0.2, 0.25) is 0 Å². The van der Waals surface area contributed by atoms with Gasteiger partial charge in [0.15, 0.2) is 48.5 Å². The second-order valence-electron chi connectivity index (χ2n) is 6.73. The van der Waals surface area contributed by atoms with Gasteiger partial charge in [0.1, 0.15) is 0 Å². The molecule has 12 heteroatoms. The molecule has 0 bridgehead atoms. The predicted molar refractivity (Wildman–Crippen MR) is 133 cm³/mol. The third-order valence-electron chi connectivity index (χ3n) is 4.28. The maximum Gasteiger partial charge on any atom is 0.170 e. The zero-order chi connectivity index (χ0) is 25.6. The van der Waals surface area contributed by atoms with Crippen molar-refractivity contribution in [3.05, 3.63) is 48.6 Å². The van der Waals surface area contributed by atoms with Gasteiger partial charge in [-0.15, -0.1) is 0 Å². The lowest BCUT2D eigenvalue weighted by Gasteiger charge is -2.11. The summed E-state index contributed by atoms with van der Waals surface area (Å²) in [6, 6.07) is 0. The van der Waals surface area contributed by atoms with Crippen LogP contribution in [0, 0.1) is 0 Å². The molecule has 0 spiro atoms. The Bertz CT molecular complexity index is 912. The van der Waals surface area contributed by atoms with Crippen LogP contribution in [-0.4, -0.2) is 65.8 Å². The summed E-state index contributed by atoms with van der Waals surface area (Å²) in [7, 11) is -14.5. The molecule has 0 heterocycles. The molecule has 0 aliphatic rings. The number of allylic oxidation sites excluding steroid dienone is 4. The van der Waals surface area contributed by atoms with E-state index in [1.807, 2.05) is 0 Å². The third-order valence-corrected chi connectivity index (χ3v) is 14.5. The summed E-state index contributed by atoms with van der Waals surface area (Å²) in [5.74, 6) is -0.945. The van der Waals surface area contributed by atoms with E-state index in [0.29, 0.717) is 0 Å². The highest BCUT2D eigenvalue weighted by Gasteiger charge is 2.32. The van der Waals surface area contributed by atoms with Crippen LogP contribution in [0.4, 0.5) is 0 Å². The first-order valence-electron chi connectivity index (χ1n) is 9.86. The molecule has 0 unspecified atom stereocenters. The van der Waals surface area contributed by atoms with Crippen molar-refractivity contribution in [2.45, 2.75) is 50.7 Å². The molecule has 0 fully saturated rings. The lowest BCUT2D eigenvalue weighted by molar-refractivity contribution is 0.577. The van der Waals surface area contributed by atoms with Gasteiger partial charge in [-0.25, -0.2) is 33.7 Å². The molecule has 0 aromatic rings. The van der Waals surface area contributed by atoms with Gasteiger partial charge in [0, 0.05) is 0 Å². The molecule has 8 nitrogen and oxygen atoms in total. The molecule has 0 aliphatic carbocycles. The molecule has 0 amide bonds. The average molecular weight is 533 g/mol. The van der Waals surface area contributed by atoms with Crippen LogP contribution in [0.5, 0.6) is 0 Å². The maximum absolute atomic E-state index is 11.6. The predicted octanol–water partition coefficient (Wildman–Crippen LogP) is 2.63. The summed E-state index contributed by atoms with van der Waals surface area (Å²) in [6.45, 7) is 9.20. The minimum Gasteiger partial charge on any atom is -0.227 e. The summed E-state index contributed by atoms with van der Waals surface area (Å²) in [4.78, 5) is 0. The lowest BCUT2D eigenvalue weighted by atomic mass is 10.6. The van der Waals surface area contributed by atoms with E-state index in [2.05, 4.69) is 0 Å². The number of hydrogen-bond donors (Lipinski definition) is 0. The van der Waals surface area contributed by atoms with Gasteiger partial charge in [-0.1, -0.05) is 48.6 Å². The van der Waals surface area contributed by atoms with E-state index < -0.39 is 48.5 Å². The SMILES string of the molecule is CC=CCS(=O)(=O)C(C)S(=O)(=O)CC=CC.CC=CCS(=O)(=O)C(C)S(=O)(=O)CC=CC. The Kier molecular flexibility index (Phi) is 15.2. The first-order valence-corrected chi connectivity index (χ1v) is 16.7. The van der Waals surface area contributed by atoms with Crippen molar-refractivity contribution >= 4 is 39.3 Å². The van der Waals surface area contributed by atoms with Crippen LogP contribution < -0.4 is 0 Å². The molecular formula is C20H36O8S4. The van der Waals surface area contributed by atoms with Gasteiger partial charge in [0.2, 0.25) is 0 Å². The van der Waals surface area contributed by atoms with Crippen molar-refractivity contribution < 1.29 is 33.7 Å². The minimum atomic E-state index is -3.62. The highest BCUT2D eigenvalue weighted by Crippen LogP contribution is 2.13. The summed E-state index contributed by atoms with van der Waals surface area (Å²) in [5.41, 5.74) is 0. The van der Waals surface area contributed by atoms with Crippen molar-refractivity contribution in [1.29, 1.82) is 0 Å². The van der Waals surface area contributed by atoms with E-state index in [-0.39, 0.29) is 23.0 Å². The Morgan fingerprint density at radius 1 is 0.438 bits per heavy atom. The highest BCUT2D eigenvalue weighted by atomic mass is 32.3. The Hall–Kier alpha value is -1.24. The van der Waals surface area contributed by atoms with Crippen molar-refractivity contribution in [1.82, 2.24) is 0 Å². The smallest absolute Gasteiger partial charge is 0.170 e. The summed E-state index contributed by atoms with van der Waals surface area (Å²) in [5, 5.41) is 0. The molecule has 0 N–H and O–H groups in total. The summed E-state index contributed by atoms with van der Waals surface area (Å²) in [6.07, 6.45) is 12.1. The van der Waals surface area contributed by atoms with Gasteiger partial charge in [-0.3, -0.25) is 0 Å². The molecule has 0 radical (unpaired) electrons. The fraction of sp³-hybridized carbons (Fsp3) is 0.600. The molecule has 0 saturated carbocycles. The number of rotatable bonds is 12. The molecular weight excluding hydrogens is 496 g/mol. The molecule has 188 valence electrons. The Morgan fingerprint density at radius 2 is 0.594 bits per heavy atom. The average Bonchev–Trinajstić information content (AvgIpc) is 2.72. The molecule has 0 aliphatic heterocycles. The van der Waals surface area contributed by atoms with Gasteiger partial charge in [0.05, 0.1) is 23.0 Å².